The second kappa shape index (κ2) is 9.79. The molecule has 8 aromatic rings. The van der Waals surface area contributed by atoms with Gasteiger partial charge in [0.2, 0.25) is 11.6 Å². The first kappa shape index (κ1) is 27.9. The van der Waals surface area contributed by atoms with E-state index in [1.807, 2.05) is 67.8 Å². The van der Waals surface area contributed by atoms with Crippen LogP contribution >= 0.6 is 24.4 Å². The molecule has 0 radical (unpaired) electrons. The molecule has 0 aliphatic carbocycles. The summed E-state index contributed by atoms with van der Waals surface area (Å²) in [5, 5.41) is 0. The summed E-state index contributed by atoms with van der Waals surface area (Å²) in [6.45, 7) is 7.23. The van der Waals surface area contributed by atoms with E-state index in [1.54, 1.807) is 40.5 Å². The van der Waals surface area contributed by atoms with E-state index >= 15 is 0 Å². The number of benzene rings is 2. The lowest BCUT2D eigenvalue weighted by Gasteiger charge is -2.00. The van der Waals surface area contributed by atoms with Crippen molar-refractivity contribution in [1.82, 2.24) is 27.6 Å². The molecule has 0 fully saturated rings. The summed E-state index contributed by atoms with van der Waals surface area (Å²) in [6, 6.07) is 11.4. The van der Waals surface area contributed by atoms with E-state index < -0.39 is 0 Å². The Hall–Kier alpha value is -4.94. The molecule has 10 nitrogen and oxygen atoms in total. The fraction of sp³-hybridized carbons (Fsp3) is 0.188. The molecule has 8 rings (SSSR count). The van der Waals surface area contributed by atoms with Crippen molar-refractivity contribution < 1.29 is 9.47 Å². The van der Waals surface area contributed by atoms with Crippen LogP contribution in [-0.2, 0) is 0 Å². The van der Waals surface area contributed by atoms with Gasteiger partial charge in [-0.15, -0.1) is 0 Å². The van der Waals surface area contributed by atoms with Gasteiger partial charge in [-0.1, -0.05) is 24.4 Å². The average molecular weight is 623 g/mol. The molecule has 0 atom stereocenters. The molecule has 0 aliphatic heterocycles. The first-order valence-electron chi connectivity index (χ1n) is 13.7. The standard InChI is InChI=1S/2C16H13N3O2S/c1-8-7-18-13(9(2)14(8)20)15(22)19-12-5-4-10(21-3)6-11(12)17-16(18)19;1-8-7-18-13(9(2)14(8)20)15(22)19-12-6-10(21-3)4-5-11(12)17-16(18)19/h2*4-7H,1-3H3. The second-order valence-corrected chi connectivity index (χ2v) is 11.6. The van der Waals surface area contributed by atoms with E-state index in [4.69, 9.17) is 33.9 Å². The van der Waals surface area contributed by atoms with Crippen LogP contribution in [0.15, 0.2) is 58.4 Å². The van der Waals surface area contributed by atoms with E-state index in [0.717, 1.165) is 56.2 Å². The number of hydrogen-bond donors (Lipinski definition) is 0. The predicted molar refractivity (Wildman–Crippen MR) is 176 cm³/mol. The number of imidazole rings is 4. The molecular weight excluding hydrogens is 597 g/mol. The van der Waals surface area contributed by atoms with Crippen molar-refractivity contribution in [3.63, 3.8) is 0 Å². The average Bonchev–Trinajstić information content (AvgIpc) is 3.73. The van der Waals surface area contributed by atoms with E-state index in [-0.39, 0.29) is 10.9 Å². The Morgan fingerprint density at radius 3 is 1.66 bits per heavy atom. The van der Waals surface area contributed by atoms with Gasteiger partial charge in [0, 0.05) is 46.8 Å². The van der Waals surface area contributed by atoms with E-state index in [2.05, 4.69) is 9.97 Å². The maximum atomic E-state index is 12.2. The number of hydrogen-bond acceptors (Lipinski definition) is 8. The van der Waals surface area contributed by atoms with Gasteiger partial charge in [-0.3, -0.25) is 27.2 Å². The molecule has 0 saturated heterocycles. The summed E-state index contributed by atoms with van der Waals surface area (Å²) in [7, 11) is 3.25. The lowest BCUT2D eigenvalue weighted by Crippen LogP contribution is -2.11. The lowest BCUT2D eigenvalue weighted by molar-refractivity contribution is 0.415. The van der Waals surface area contributed by atoms with Crippen molar-refractivity contribution >= 4 is 69.1 Å². The first-order chi connectivity index (χ1) is 21.0. The van der Waals surface area contributed by atoms with Gasteiger partial charge < -0.3 is 9.47 Å². The molecule has 0 unspecified atom stereocenters. The molecule has 0 spiro atoms. The van der Waals surface area contributed by atoms with E-state index in [0.29, 0.717) is 31.5 Å². The largest absolute Gasteiger partial charge is 0.497 e. The zero-order chi connectivity index (χ0) is 31.2. The summed E-state index contributed by atoms with van der Waals surface area (Å²) >= 11 is 11.2. The molecule has 0 saturated carbocycles. The Labute approximate surface area is 259 Å². The normalized spacial score (nSPS) is 11.8. The van der Waals surface area contributed by atoms with Crippen LogP contribution in [-0.4, -0.2) is 41.8 Å². The van der Waals surface area contributed by atoms with Gasteiger partial charge in [-0.25, -0.2) is 9.97 Å². The lowest BCUT2D eigenvalue weighted by atomic mass is 10.2. The van der Waals surface area contributed by atoms with Crippen molar-refractivity contribution in [2.75, 3.05) is 14.2 Å². The number of ether oxygens (including phenoxy) is 2. The molecule has 0 aliphatic rings. The molecule has 12 heteroatoms. The Kier molecular flexibility index (Phi) is 6.20. The summed E-state index contributed by atoms with van der Waals surface area (Å²) in [5.74, 6) is 2.93. The fourth-order valence-corrected chi connectivity index (χ4v) is 6.79. The summed E-state index contributed by atoms with van der Waals surface area (Å²) < 4.78 is 19.3. The van der Waals surface area contributed by atoms with Crippen LogP contribution in [0.3, 0.4) is 0 Å². The van der Waals surface area contributed by atoms with Crippen LogP contribution < -0.4 is 20.3 Å². The molecular formula is C32H26N6O4S2. The van der Waals surface area contributed by atoms with Crippen LogP contribution in [0.4, 0.5) is 0 Å². The smallest absolute Gasteiger partial charge is 0.220 e. The number of nitrogens with zero attached hydrogens (tertiary/aromatic N) is 6. The third-order valence-corrected chi connectivity index (χ3v) is 8.92. The predicted octanol–water partition coefficient (Wildman–Crippen LogP) is 5.79. The van der Waals surface area contributed by atoms with Gasteiger partial charge in [0.25, 0.3) is 0 Å². The van der Waals surface area contributed by atoms with Crippen LogP contribution in [0.2, 0.25) is 0 Å². The Bertz CT molecular complexity index is 2710. The summed E-state index contributed by atoms with van der Waals surface area (Å²) in [4.78, 5) is 33.7. The molecule has 220 valence electrons. The topological polar surface area (TPSA) is 96.0 Å². The highest BCUT2D eigenvalue weighted by molar-refractivity contribution is 7.71. The van der Waals surface area contributed by atoms with Crippen molar-refractivity contribution in [3.8, 4) is 11.5 Å². The van der Waals surface area contributed by atoms with Gasteiger partial charge in [0.1, 0.15) is 20.8 Å². The van der Waals surface area contributed by atoms with Gasteiger partial charge >= 0.3 is 0 Å². The maximum Gasteiger partial charge on any atom is 0.220 e. The number of aromatic nitrogens is 6. The maximum absolute atomic E-state index is 12.2. The molecule has 6 heterocycles. The molecule has 6 aromatic heterocycles. The quantitative estimate of drug-likeness (QED) is 0.224. The van der Waals surface area contributed by atoms with Crippen LogP contribution in [0.25, 0.3) is 44.7 Å². The summed E-state index contributed by atoms with van der Waals surface area (Å²) in [6.07, 6.45) is 3.61. The van der Waals surface area contributed by atoms with E-state index in [9.17, 15) is 9.59 Å². The van der Waals surface area contributed by atoms with Gasteiger partial charge in [0.05, 0.1) is 47.3 Å². The second-order valence-electron chi connectivity index (χ2n) is 10.8. The number of fused-ring (bicyclic) bond motifs is 10. The zero-order valence-electron chi connectivity index (χ0n) is 24.8. The van der Waals surface area contributed by atoms with Crippen LogP contribution in [0.5, 0.6) is 11.5 Å². The van der Waals surface area contributed by atoms with Crippen molar-refractivity contribution in [2.45, 2.75) is 27.7 Å². The minimum atomic E-state index is 0.0289. The monoisotopic (exact) mass is 622 g/mol. The highest BCUT2D eigenvalue weighted by atomic mass is 32.1. The SMILES string of the molecule is COc1ccc2c(c1)nc1n3cc(C)c(=O)c(C)c3c(=S)n21.COc1ccc2nc3n4cc(C)c(=O)c(C)c4c(=S)n3c2c1. The highest BCUT2D eigenvalue weighted by Crippen LogP contribution is 2.27. The molecule has 0 bridgehead atoms. The zero-order valence-corrected chi connectivity index (χ0v) is 26.4. The van der Waals surface area contributed by atoms with Gasteiger partial charge in [-0.2, -0.15) is 0 Å². The Balaban J connectivity index is 0.000000142. The first-order valence-corrected chi connectivity index (χ1v) is 14.6. The molecule has 0 N–H and O–H groups in total. The number of aryl methyl sites for hydroxylation is 4. The van der Waals surface area contributed by atoms with Crippen LogP contribution in [0, 0.1) is 37.0 Å². The molecule has 2 aromatic carbocycles. The Morgan fingerprint density at radius 2 is 1.11 bits per heavy atom. The highest BCUT2D eigenvalue weighted by Gasteiger charge is 2.18. The van der Waals surface area contributed by atoms with Gasteiger partial charge in [-0.05, 0) is 52.0 Å². The Morgan fingerprint density at radius 1 is 0.636 bits per heavy atom. The van der Waals surface area contributed by atoms with Gasteiger partial charge in [0.15, 0.2) is 10.9 Å². The molecule has 0 amide bonds. The number of methoxy groups -OCH3 is 2. The minimum absolute atomic E-state index is 0.0289. The van der Waals surface area contributed by atoms with E-state index in [1.165, 1.54) is 0 Å². The van der Waals surface area contributed by atoms with Crippen molar-refractivity contribution in [3.05, 3.63) is 101 Å². The number of rotatable bonds is 2. The molecule has 44 heavy (non-hydrogen) atoms. The van der Waals surface area contributed by atoms with Crippen molar-refractivity contribution in [2.24, 2.45) is 0 Å². The third kappa shape index (κ3) is 3.77. The van der Waals surface area contributed by atoms with Crippen molar-refractivity contribution in [1.29, 1.82) is 0 Å². The van der Waals surface area contributed by atoms with Crippen LogP contribution in [0.1, 0.15) is 22.3 Å². The third-order valence-electron chi connectivity index (χ3n) is 8.17. The summed E-state index contributed by atoms with van der Waals surface area (Å²) in [5.41, 5.74) is 7.71. The minimum Gasteiger partial charge on any atom is -0.497 e. The number of pyridine rings is 2. The fourth-order valence-electron chi connectivity index (χ4n) is 5.92.